The van der Waals surface area contributed by atoms with Crippen molar-refractivity contribution >= 4 is 29.1 Å². The third-order valence-electron chi connectivity index (χ3n) is 2.86. The molecule has 0 spiro atoms. The summed E-state index contributed by atoms with van der Waals surface area (Å²) in [5.41, 5.74) is 0.752. The average molecular weight is 336 g/mol. The molecule has 0 radical (unpaired) electrons. The molecule has 0 atom stereocenters. The van der Waals surface area contributed by atoms with Gasteiger partial charge in [0.15, 0.2) is 0 Å². The molecule has 22 heavy (non-hydrogen) atoms. The molecule has 0 saturated carbocycles. The van der Waals surface area contributed by atoms with Gasteiger partial charge in [0.05, 0.1) is 19.9 Å². The molecule has 0 aliphatic rings. The van der Waals surface area contributed by atoms with Gasteiger partial charge in [0.2, 0.25) is 10.9 Å². The molecule has 0 N–H and O–H groups in total. The minimum atomic E-state index is -0.487. The molecule has 0 bridgehead atoms. The van der Waals surface area contributed by atoms with Crippen molar-refractivity contribution in [1.82, 2.24) is 20.2 Å². The van der Waals surface area contributed by atoms with Crippen LogP contribution >= 0.6 is 23.1 Å². The van der Waals surface area contributed by atoms with Gasteiger partial charge >= 0.3 is 5.97 Å². The van der Waals surface area contributed by atoms with Crippen LogP contribution in [0, 0.1) is 0 Å². The number of nitrogens with zero attached hydrogens (tertiary/aromatic N) is 4. The molecule has 7 nitrogen and oxygen atoms in total. The maximum atomic E-state index is 11.6. The number of rotatable bonds is 6. The molecule has 3 rings (SSSR count). The largest absolute Gasteiger partial charge is 0.463 e. The highest BCUT2D eigenvalue weighted by molar-refractivity contribution is 7.98. The number of ether oxygens (including phenoxy) is 1. The maximum Gasteiger partial charge on any atom is 0.374 e. The van der Waals surface area contributed by atoms with E-state index in [0.29, 0.717) is 17.5 Å². The number of aromatic nitrogens is 4. The Bertz CT molecular complexity index is 751. The van der Waals surface area contributed by atoms with E-state index in [1.54, 1.807) is 22.1 Å². The van der Waals surface area contributed by atoms with Crippen LogP contribution in [-0.4, -0.2) is 33.3 Å². The van der Waals surface area contributed by atoms with E-state index >= 15 is 0 Å². The smallest absolute Gasteiger partial charge is 0.374 e. The first-order valence-electron chi connectivity index (χ1n) is 6.34. The second kappa shape index (κ2) is 6.75. The standard InChI is InChI=1S/C13H12N4O3S2/c1-19-12(18)11-9(4-5-20-11)8-22-13-14-15-16-17(13)7-10-3-2-6-21-10/h2-6H,7-8H2,1H3. The highest BCUT2D eigenvalue weighted by Gasteiger charge is 2.17. The molecule has 114 valence electrons. The molecule has 0 aliphatic heterocycles. The van der Waals surface area contributed by atoms with E-state index in [1.807, 2.05) is 17.5 Å². The predicted molar refractivity (Wildman–Crippen MR) is 80.8 cm³/mol. The van der Waals surface area contributed by atoms with Gasteiger partial charge in [-0.3, -0.25) is 0 Å². The summed E-state index contributed by atoms with van der Waals surface area (Å²) in [5, 5.41) is 14.4. The highest BCUT2D eigenvalue weighted by Crippen LogP contribution is 2.24. The topological polar surface area (TPSA) is 83.0 Å². The van der Waals surface area contributed by atoms with Crippen LogP contribution in [-0.2, 0) is 17.0 Å². The summed E-state index contributed by atoms with van der Waals surface area (Å²) in [7, 11) is 1.32. The molecule has 3 aromatic heterocycles. The molecule has 3 heterocycles. The lowest BCUT2D eigenvalue weighted by molar-refractivity contribution is 0.0564. The minimum absolute atomic E-state index is 0.215. The van der Waals surface area contributed by atoms with E-state index in [4.69, 9.17) is 4.42 Å². The minimum Gasteiger partial charge on any atom is -0.463 e. The Morgan fingerprint density at radius 1 is 1.50 bits per heavy atom. The van der Waals surface area contributed by atoms with Crippen LogP contribution in [0.1, 0.15) is 21.0 Å². The molecule has 0 aliphatic carbocycles. The van der Waals surface area contributed by atoms with Gasteiger partial charge in [-0.25, -0.2) is 9.48 Å². The summed E-state index contributed by atoms with van der Waals surface area (Å²) in [6.45, 7) is 0.627. The first-order chi connectivity index (χ1) is 10.8. The van der Waals surface area contributed by atoms with E-state index in [-0.39, 0.29) is 5.76 Å². The number of hydrogen-bond acceptors (Lipinski definition) is 8. The number of tetrazole rings is 1. The number of esters is 1. The van der Waals surface area contributed by atoms with Crippen LogP contribution in [0.2, 0.25) is 0 Å². The van der Waals surface area contributed by atoms with Crippen molar-refractivity contribution in [2.75, 3.05) is 7.11 Å². The molecule has 0 unspecified atom stereocenters. The second-order valence-electron chi connectivity index (χ2n) is 4.25. The Morgan fingerprint density at radius 3 is 3.18 bits per heavy atom. The van der Waals surface area contributed by atoms with E-state index in [2.05, 4.69) is 20.3 Å². The molecule has 0 saturated heterocycles. The Labute approximate surface area is 134 Å². The Hall–Kier alpha value is -2.13. The number of thioether (sulfide) groups is 1. The predicted octanol–water partition coefficient (Wildman–Crippen LogP) is 2.45. The van der Waals surface area contributed by atoms with Crippen molar-refractivity contribution in [3.05, 3.63) is 46.0 Å². The van der Waals surface area contributed by atoms with Crippen molar-refractivity contribution in [2.24, 2.45) is 0 Å². The van der Waals surface area contributed by atoms with Gasteiger partial charge in [0, 0.05) is 16.2 Å². The number of hydrogen-bond donors (Lipinski definition) is 0. The fourth-order valence-electron chi connectivity index (χ4n) is 1.81. The monoisotopic (exact) mass is 336 g/mol. The number of methoxy groups -OCH3 is 1. The molecular formula is C13H12N4O3S2. The van der Waals surface area contributed by atoms with Gasteiger partial charge in [-0.05, 0) is 27.9 Å². The molecule has 3 aromatic rings. The van der Waals surface area contributed by atoms with Crippen molar-refractivity contribution in [3.8, 4) is 0 Å². The van der Waals surface area contributed by atoms with Gasteiger partial charge in [-0.15, -0.1) is 16.4 Å². The third kappa shape index (κ3) is 3.20. The lowest BCUT2D eigenvalue weighted by Gasteiger charge is -2.03. The lowest BCUT2D eigenvalue weighted by atomic mass is 10.3. The van der Waals surface area contributed by atoms with Crippen molar-refractivity contribution in [3.63, 3.8) is 0 Å². The van der Waals surface area contributed by atoms with Crippen LogP contribution in [0.3, 0.4) is 0 Å². The van der Waals surface area contributed by atoms with Gasteiger partial charge in [-0.1, -0.05) is 17.8 Å². The van der Waals surface area contributed by atoms with E-state index in [9.17, 15) is 4.79 Å². The van der Waals surface area contributed by atoms with Gasteiger partial charge in [0.1, 0.15) is 0 Å². The molecule has 0 amide bonds. The number of carbonyl (C=O) groups excluding carboxylic acids is 1. The maximum absolute atomic E-state index is 11.6. The van der Waals surface area contributed by atoms with Gasteiger partial charge < -0.3 is 9.15 Å². The van der Waals surface area contributed by atoms with Gasteiger partial charge in [-0.2, -0.15) is 0 Å². The number of furan rings is 1. The zero-order valence-corrected chi connectivity index (χ0v) is 13.3. The second-order valence-corrected chi connectivity index (χ2v) is 6.23. The van der Waals surface area contributed by atoms with E-state index < -0.39 is 5.97 Å². The zero-order chi connectivity index (χ0) is 15.4. The van der Waals surface area contributed by atoms with E-state index in [1.165, 1.54) is 30.0 Å². The van der Waals surface area contributed by atoms with Gasteiger partial charge in [0.25, 0.3) is 0 Å². The first kappa shape index (κ1) is 14.8. The van der Waals surface area contributed by atoms with Crippen LogP contribution < -0.4 is 0 Å². The zero-order valence-electron chi connectivity index (χ0n) is 11.6. The van der Waals surface area contributed by atoms with Crippen LogP contribution in [0.25, 0.3) is 0 Å². The Balaban J connectivity index is 1.69. The number of thiophene rings is 1. The summed E-state index contributed by atoms with van der Waals surface area (Å²) in [5.74, 6) is 0.247. The Kier molecular flexibility index (Phi) is 4.54. The van der Waals surface area contributed by atoms with Crippen molar-refractivity contribution < 1.29 is 13.9 Å². The SMILES string of the molecule is COC(=O)c1occc1CSc1nnnn1Cc1cccs1. The molecular weight excluding hydrogens is 324 g/mol. The summed E-state index contributed by atoms with van der Waals surface area (Å²) in [6.07, 6.45) is 1.47. The summed E-state index contributed by atoms with van der Waals surface area (Å²) in [4.78, 5) is 12.7. The molecule has 0 fully saturated rings. The summed E-state index contributed by atoms with van der Waals surface area (Å²) < 4.78 is 11.6. The quantitative estimate of drug-likeness (QED) is 0.505. The average Bonchev–Trinajstić information content (AvgIpc) is 3.26. The fraction of sp³-hybridized carbons (Fsp3) is 0.231. The van der Waals surface area contributed by atoms with Crippen molar-refractivity contribution in [1.29, 1.82) is 0 Å². The highest BCUT2D eigenvalue weighted by atomic mass is 32.2. The van der Waals surface area contributed by atoms with E-state index in [0.717, 1.165) is 5.56 Å². The summed E-state index contributed by atoms with van der Waals surface area (Å²) in [6, 6.07) is 5.77. The summed E-state index contributed by atoms with van der Waals surface area (Å²) >= 11 is 3.09. The van der Waals surface area contributed by atoms with Crippen LogP contribution in [0.15, 0.2) is 39.4 Å². The van der Waals surface area contributed by atoms with Crippen molar-refractivity contribution in [2.45, 2.75) is 17.5 Å². The normalized spacial score (nSPS) is 10.8. The fourth-order valence-corrected chi connectivity index (χ4v) is 3.35. The lowest BCUT2D eigenvalue weighted by Crippen LogP contribution is -2.04. The third-order valence-corrected chi connectivity index (χ3v) is 4.73. The van der Waals surface area contributed by atoms with Crippen LogP contribution in [0.4, 0.5) is 0 Å². The first-order valence-corrected chi connectivity index (χ1v) is 8.20. The molecule has 0 aromatic carbocycles. The number of carbonyl (C=O) groups is 1. The molecule has 9 heteroatoms. The van der Waals surface area contributed by atoms with Crippen LogP contribution in [0.5, 0.6) is 0 Å². The Morgan fingerprint density at radius 2 is 2.41 bits per heavy atom.